The van der Waals surface area contributed by atoms with Crippen LogP contribution in [-0.4, -0.2) is 35.2 Å². The van der Waals surface area contributed by atoms with Crippen LogP contribution in [0.15, 0.2) is 48.7 Å². The maximum absolute atomic E-state index is 12.6. The van der Waals surface area contributed by atoms with E-state index in [0.29, 0.717) is 24.7 Å². The fraction of sp³-hybridized carbons (Fsp3) is 0.286. The van der Waals surface area contributed by atoms with Crippen LogP contribution in [0.3, 0.4) is 0 Å². The van der Waals surface area contributed by atoms with Gasteiger partial charge in [0.15, 0.2) is 0 Å². The van der Waals surface area contributed by atoms with E-state index in [-0.39, 0.29) is 12.0 Å². The van der Waals surface area contributed by atoms with Crippen molar-refractivity contribution in [2.24, 2.45) is 0 Å². The Kier molecular flexibility index (Phi) is 4.98. The summed E-state index contributed by atoms with van der Waals surface area (Å²) in [6.07, 6.45) is 3.38. The van der Waals surface area contributed by atoms with Crippen LogP contribution in [-0.2, 0) is 4.74 Å². The number of aromatic nitrogens is 2. The molecule has 6 nitrogen and oxygen atoms in total. The molecular weight excluding hydrogens is 342 g/mol. The van der Waals surface area contributed by atoms with Gasteiger partial charge >= 0.3 is 0 Å². The van der Waals surface area contributed by atoms with Crippen LogP contribution < -0.4 is 10.1 Å². The molecule has 1 amide bonds. The molecule has 6 heteroatoms. The second-order valence-electron chi connectivity index (χ2n) is 6.59. The smallest absolute Gasteiger partial charge is 0.257 e. The first-order valence-corrected chi connectivity index (χ1v) is 9.07. The van der Waals surface area contributed by atoms with E-state index in [4.69, 9.17) is 9.47 Å². The van der Waals surface area contributed by atoms with E-state index in [9.17, 15) is 4.79 Å². The van der Waals surface area contributed by atoms with Crippen molar-refractivity contribution in [3.8, 4) is 5.88 Å². The minimum atomic E-state index is -0.215. The Labute approximate surface area is 157 Å². The highest BCUT2D eigenvalue weighted by Gasteiger charge is 2.16. The third kappa shape index (κ3) is 4.06. The van der Waals surface area contributed by atoms with Crippen molar-refractivity contribution in [2.75, 3.05) is 18.5 Å². The maximum atomic E-state index is 12.6. The van der Waals surface area contributed by atoms with Crippen molar-refractivity contribution in [3.05, 3.63) is 59.9 Å². The molecule has 4 rings (SSSR count). The molecule has 0 spiro atoms. The SMILES string of the molecule is Cc1ccc2c(NC(=O)c3ccc(OC4CCOCC4)nc3)cccc2n1. The summed E-state index contributed by atoms with van der Waals surface area (Å²) in [6.45, 7) is 3.37. The lowest BCUT2D eigenvalue weighted by atomic mass is 10.1. The third-order valence-corrected chi connectivity index (χ3v) is 4.57. The van der Waals surface area contributed by atoms with E-state index in [1.165, 1.54) is 6.20 Å². The van der Waals surface area contributed by atoms with E-state index >= 15 is 0 Å². The summed E-state index contributed by atoms with van der Waals surface area (Å²) < 4.78 is 11.2. The standard InChI is InChI=1S/C21H21N3O3/c1-14-5-7-17-18(23-14)3-2-4-19(17)24-21(25)15-6-8-20(22-13-15)27-16-9-11-26-12-10-16/h2-8,13,16H,9-12H2,1H3,(H,24,25). The van der Waals surface area contributed by atoms with E-state index in [1.54, 1.807) is 12.1 Å². The number of benzene rings is 1. The molecule has 0 unspecified atom stereocenters. The molecule has 3 aromatic rings. The number of pyridine rings is 2. The van der Waals surface area contributed by atoms with Gasteiger partial charge in [-0.05, 0) is 37.3 Å². The molecule has 0 radical (unpaired) electrons. The minimum absolute atomic E-state index is 0.123. The Balaban J connectivity index is 1.47. The first-order valence-electron chi connectivity index (χ1n) is 9.07. The topological polar surface area (TPSA) is 73.3 Å². The molecule has 0 atom stereocenters. The molecule has 0 saturated carbocycles. The Hall–Kier alpha value is -2.99. The average molecular weight is 363 g/mol. The van der Waals surface area contributed by atoms with E-state index in [0.717, 1.165) is 35.1 Å². The van der Waals surface area contributed by atoms with Crippen molar-refractivity contribution in [2.45, 2.75) is 25.9 Å². The molecule has 3 heterocycles. The van der Waals surface area contributed by atoms with E-state index in [1.807, 2.05) is 37.3 Å². The number of nitrogens with one attached hydrogen (secondary N) is 1. The first-order chi connectivity index (χ1) is 13.2. The largest absolute Gasteiger partial charge is 0.474 e. The number of aryl methyl sites for hydroxylation is 1. The lowest BCUT2D eigenvalue weighted by Gasteiger charge is -2.22. The summed E-state index contributed by atoms with van der Waals surface area (Å²) in [6, 6.07) is 13.0. The molecule has 0 bridgehead atoms. The van der Waals surface area contributed by atoms with Gasteiger partial charge in [-0.15, -0.1) is 0 Å². The lowest BCUT2D eigenvalue weighted by Crippen LogP contribution is -2.26. The molecule has 1 aliphatic heterocycles. The number of ether oxygens (including phenoxy) is 2. The number of hydrogen-bond donors (Lipinski definition) is 1. The summed E-state index contributed by atoms with van der Waals surface area (Å²) in [7, 11) is 0. The van der Waals surface area contributed by atoms with Gasteiger partial charge in [0.25, 0.3) is 5.91 Å². The van der Waals surface area contributed by atoms with Gasteiger partial charge in [-0.3, -0.25) is 9.78 Å². The Morgan fingerprint density at radius 2 is 2.00 bits per heavy atom. The van der Waals surface area contributed by atoms with Gasteiger partial charge in [-0.1, -0.05) is 6.07 Å². The van der Waals surface area contributed by atoms with Crippen molar-refractivity contribution in [3.63, 3.8) is 0 Å². The average Bonchev–Trinajstić information content (AvgIpc) is 2.69. The third-order valence-electron chi connectivity index (χ3n) is 4.57. The summed E-state index contributed by atoms with van der Waals surface area (Å²) in [4.78, 5) is 21.4. The van der Waals surface area contributed by atoms with Gasteiger partial charge < -0.3 is 14.8 Å². The van der Waals surface area contributed by atoms with Gasteiger partial charge in [-0.2, -0.15) is 0 Å². The summed E-state index contributed by atoms with van der Waals surface area (Å²) in [5.41, 5.74) is 3.00. The molecule has 1 fully saturated rings. The number of nitrogens with zero attached hydrogens (tertiary/aromatic N) is 2. The van der Waals surface area contributed by atoms with Gasteiger partial charge in [-0.25, -0.2) is 4.98 Å². The molecule has 27 heavy (non-hydrogen) atoms. The highest BCUT2D eigenvalue weighted by Crippen LogP contribution is 2.23. The van der Waals surface area contributed by atoms with Gasteiger partial charge in [0.05, 0.1) is 30.0 Å². The highest BCUT2D eigenvalue weighted by atomic mass is 16.5. The van der Waals surface area contributed by atoms with Crippen LogP contribution in [0.4, 0.5) is 5.69 Å². The summed E-state index contributed by atoms with van der Waals surface area (Å²) in [5.74, 6) is 0.316. The molecule has 1 saturated heterocycles. The Bertz CT molecular complexity index is 951. The van der Waals surface area contributed by atoms with Crippen LogP contribution in [0.1, 0.15) is 28.9 Å². The predicted molar refractivity (Wildman–Crippen MR) is 103 cm³/mol. The number of anilines is 1. The second kappa shape index (κ2) is 7.72. The number of fused-ring (bicyclic) bond motifs is 1. The monoisotopic (exact) mass is 363 g/mol. The second-order valence-corrected chi connectivity index (χ2v) is 6.59. The number of hydrogen-bond acceptors (Lipinski definition) is 5. The quantitative estimate of drug-likeness (QED) is 0.764. The van der Waals surface area contributed by atoms with E-state index in [2.05, 4.69) is 15.3 Å². The van der Waals surface area contributed by atoms with Crippen LogP contribution in [0.25, 0.3) is 10.9 Å². The minimum Gasteiger partial charge on any atom is -0.474 e. The molecule has 1 N–H and O–H groups in total. The Morgan fingerprint density at radius 3 is 2.78 bits per heavy atom. The van der Waals surface area contributed by atoms with Crippen LogP contribution in [0.2, 0.25) is 0 Å². The first kappa shape index (κ1) is 17.4. The fourth-order valence-corrected chi connectivity index (χ4v) is 3.11. The van der Waals surface area contributed by atoms with E-state index < -0.39 is 0 Å². The van der Waals surface area contributed by atoms with Crippen LogP contribution >= 0.6 is 0 Å². The fourth-order valence-electron chi connectivity index (χ4n) is 3.11. The molecule has 0 aliphatic carbocycles. The highest BCUT2D eigenvalue weighted by molar-refractivity contribution is 6.08. The van der Waals surface area contributed by atoms with Gasteiger partial charge in [0, 0.05) is 36.2 Å². The van der Waals surface area contributed by atoms with Crippen molar-refractivity contribution in [1.29, 1.82) is 0 Å². The molecule has 1 aromatic carbocycles. The number of carbonyl (C=O) groups excluding carboxylic acids is 1. The maximum Gasteiger partial charge on any atom is 0.257 e. The zero-order valence-corrected chi connectivity index (χ0v) is 15.1. The summed E-state index contributed by atoms with van der Waals surface area (Å²) in [5, 5.41) is 3.85. The molecule has 1 aliphatic rings. The van der Waals surface area contributed by atoms with Crippen molar-refractivity contribution in [1.82, 2.24) is 9.97 Å². The van der Waals surface area contributed by atoms with Crippen molar-refractivity contribution >= 4 is 22.5 Å². The lowest BCUT2D eigenvalue weighted by molar-refractivity contribution is 0.0237. The van der Waals surface area contributed by atoms with Crippen LogP contribution in [0, 0.1) is 6.92 Å². The predicted octanol–water partition coefficient (Wildman–Crippen LogP) is 3.75. The van der Waals surface area contributed by atoms with Gasteiger partial charge in [0.2, 0.25) is 5.88 Å². The molecule has 138 valence electrons. The zero-order valence-electron chi connectivity index (χ0n) is 15.1. The number of carbonyl (C=O) groups is 1. The normalized spacial score (nSPS) is 14.9. The van der Waals surface area contributed by atoms with Crippen molar-refractivity contribution < 1.29 is 14.3 Å². The Morgan fingerprint density at radius 1 is 1.15 bits per heavy atom. The number of rotatable bonds is 4. The number of amides is 1. The molecular formula is C21H21N3O3. The summed E-state index contributed by atoms with van der Waals surface area (Å²) >= 11 is 0. The zero-order chi connectivity index (χ0) is 18.6. The molecule has 2 aromatic heterocycles. The van der Waals surface area contributed by atoms with Crippen LogP contribution in [0.5, 0.6) is 5.88 Å². The van der Waals surface area contributed by atoms with Gasteiger partial charge in [0.1, 0.15) is 6.10 Å².